The average Bonchev–Trinajstić information content (AvgIpc) is 3.13. The summed E-state index contributed by atoms with van der Waals surface area (Å²) in [6.45, 7) is 2.30. The Morgan fingerprint density at radius 1 is 1.08 bits per heavy atom. The number of anilines is 1. The lowest BCUT2D eigenvalue weighted by molar-refractivity contribution is -0.127. The van der Waals surface area contributed by atoms with Crippen molar-refractivity contribution in [2.45, 2.75) is 13.5 Å². The van der Waals surface area contributed by atoms with Gasteiger partial charge in [0.1, 0.15) is 13.2 Å². The molecule has 1 heterocycles. The van der Waals surface area contributed by atoms with E-state index in [9.17, 15) is 14.4 Å². The van der Waals surface area contributed by atoms with E-state index in [1.165, 1.54) is 0 Å². The van der Waals surface area contributed by atoms with Gasteiger partial charge in [0.2, 0.25) is 5.91 Å². The van der Waals surface area contributed by atoms with Crippen LogP contribution in [0, 0.1) is 3.57 Å². The summed E-state index contributed by atoms with van der Waals surface area (Å²) < 4.78 is 12.7. The first-order chi connectivity index (χ1) is 17.8. The van der Waals surface area contributed by atoms with Crippen LogP contribution in [0.2, 0.25) is 5.02 Å². The van der Waals surface area contributed by atoms with Gasteiger partial charge in [0, 0.05) is 10.7 Å². The molecule has 1 aliphatic rings. The second-order valence-electron chi connectivity index (χ2n) is 7.86. The van der Waals surface area contributed by atoms with Crippen LogP contribution in [0.5, 0.6) is 11.5 Å². The molecule has 190 valence electrons. The minimum atomic E-state index is -0.529. The molecule has 1 N–H and O–H groups in total. The molecule has 10 heteroatoms. The van der Waals surface area contributed by atoms with Crippen molar-refractivity contribution in [2.24, 2.45) is 0 Å². The molecule has 3 aromatic rings. The molecule has 0 bridgehead atoms. The number of ether oxygens (including phenoxy) is 2. The Labute approximate surface area is 237 Å². The Kier molecular flexibility index (Phi) is 9.12. The molecule has 1 saturated heterocycles. The molecular weight excluding hydrogens is 627 g/mol. The molecule has 7 nitrogen and oxygen atoms in total. The van der Waals surface area contributed by atoms with Gasteiger partial charge in [0.15, 0.2) is 11.5 Å². The van der Waals surface area contributed by atoms with E-state index in [0.29, 0.717) is 41.0 Å². The molecule has 0 spiro atoms. The van der Waals surface area contributed by atoms with Gasteiger partial charge in [-0.15, -0.1) is 0 Å². The molecule has 1 fully saturated rings. The molecule has 1 aliphatic heterocycles. The Bertz CT molecular complexity index is 1350. The summed E-state index contributed by atoms with van der Waals surface area (Å²) in [5.41, 5.74) is 2.22. The number of nitrogens with zero attached hydrogens (tertiary/aromatic N) is 1. The first-order valence-corrected chi connectivity index (χ1v) is 13.5. The van der Waals surface area contributed by atoms with Gasteiger partial charge in [-0.1, -0.05) is 41.9 Å². The van der Waals surface area contributed by atoms with Crippen molar-refractivity contribution in [2.75, 3.05) is 18.5 Å². The second-order valence-corrected chi connectivity index (χ2v) is 10.5. The Hall–Kier alpha value is -3.02. The highest BCUT2D eigenvalue weighted by Gasteiger charge is 2.36. The highest BCUT2D eigenvalue weighted by Crippen LogP contribution is 2.38. The molecule has 37 heavy (non-hydrogen) atoms. The van der Waals surface area contributed by atoms with Crippen LogP contribution < -0.4 is 14.8 Å². The lowest BCUT2D eigenvalue weighted by atomic mass is 10.1. The lowest BCUT2D eigenvalue weighted by Gasteiger charge is -2.15. The quantitative estimate of drug-likeness (QED) is 0.208. The summed E-state index contributed by atoms with van der Waals surface area (Å²) in [4.78, 5) is 39.0. The normalized spacial score (nSPS) is 14.2. The predicted molar refractivity (Wildman–Crippen MR) is 154 cm³/mol. The second kappa shape index (κ2) is 12.5. The van der Waals surface area contributed by atoms with Gasteiger partial charge in [-0.2, -0.15) is 0 Å². The van der Waals surface area contributed by atoms with Gasteiger partial charge in [0.05, 0.1) is 15.1 Å². The fourth-order valence-corrected chi connectivity index (χ4v) is 5.21. The number of benzene rings is 3. The zero-order chi connectivity index (χ0) is 26.4. The number of carbonyl (C=O) groups is 3. The smallest absolute Gasteiger partial charge is 0.294 e. The van der Waals surface area contributed by atoms with Crippen LogP contribution in [0.4, 0.5) is 10.5 Å². The van der Waals surface area contributed by atoms with Crippen LogP contribution in [0.3, 0.4) is 0 Å². The van der Waals surface area contributed by atoms with Gasteiger partial charge >= 0.3 is 0 Å². The zero-order valence-corrected chi connectivity index (χ0v) is 23.4. The molecule has 4 rings (SSSR count). The van der Waals surface area contributed by atoms with Gasteiger partial charge in [-0.05, 0) is 94.9 Å². The van der Waals surface area contributed by atoms with Crippen LogP contribution in [-0.2, 0) is 16.2 Å². The van der Waals surface area contributed by atoms with E-state index in [1.807, 2.05) is 43.3 Å². The topological polar surface area (TPSA) is 84.9 Å². The van der Waals surface area contributed by atoms with Crippen LogP contribution in [0.1, 0.15) is 18.1 Å². The number of imide groups is 1. The third-order valence-electron chi connectivity index (χ3n) is 5.16. The fraction of sp³-hybridized carbons (Fsp3) is 0.148. The number of hydrogen-bond donors (Lipinski definition) is 1. The molecule has 3 aromatic carbocycles. The number of thioether (sulfide) groups is 1. The minimum absolute atomic E-state index is 0.223. The monoisotopic (exact) mass is 648 g/mol. The first kappa shape index (κ1) is 27.0. The maximum absolute atomic E-state index is 12.9. The number of carbonyl (C=O) groups excluding carboxylic acids is 3. The van der Waals surface area contributed by atoms with E-state index in [1.54, 1.807) is 36.4 Å². The molecule has 0 aliphatic carbocycles. The van der Waals surface area contributed by atoms with Crippen molar-refractivity contribution >= 4 is 74.8 Å². The Morgan fingerprint density at radius 3 is 2.51 bits per heavy atom. The lowest BCUT2D eigenvalue weighted by Crippen LogP contribution is -2.36. The van der Waals surface area contributed by atoms with E-state index in [0.717, 1.165) is 25.8 Å². The summed E-state index contributed by atoms with van der Waals surface area (Å²) in [6, 6.07) is 20.0. The summed E-state index contributed by atoms with van der Waals surface area (Å²) in [5.74, 6) is 0.131. The molecule has 3 amide bonds. The van der Waals surface area contributed by atoms with E-state index in [-0.39, 0.29) is 4.91 Å². The summed E-state index contributed by atoms with van der Waals surface area (Å²) in [6.07, 6.45) is 1.62. The van der Waals surface area contributed by atoms with E-state index >= 15 is 0 Å². The van der Waals surface area contributed by atoms with Gasteiger partial charge < -0.3 is 14.8 Å². The molecule has 0 atom stereocenters. The van der Waals surface area contributed by atoms with Crippen LogP contribution in [0.15, 0.2) is 71.6 Å². The standard InChI is InChI=1S/C27H22ClIN2O5S/c1-2-35-22-13-18(12-21(29)25(22)36-16-17-6-4-3-5-7-17)14-23-26(33)31(27(34)37-23)15-24(32)30-20-10-8-19(28)9-11-20/h3-14H,2,15-16H2,1H3,(H,30,32)/b23-14+. The maximum Gasteiger partial charge on any atom is 0.294 e. The van der Waals surface area contributed by atoms with Crippen molar-refractivity contribution in [3.8, 4) is 11.5 Å². The zero-order valence-electron chi connectivity index (χ0n) is 19.7. The SMILES string of the molecule is CCOc1cc(/C=C2/SC(=O)N(CC(=O)Nc3ccc(Cl)cc3)C2=O)cc(I)c1OCc1ccccc1. The van der Waals surface area contributed by atoms with Crippen molar-refractivity contribution in [1.82, 2.24) is 4.90 Å². The Balaban J connectivity index is 1.48. The Morgan fingerprint density at radius 2 is 1.81 bits per heavy atom. The van der Waals surface area contributed by atoms with E-state index in [2.05, 4.69) is 27.9 Å². The fourth-order valence-electron chi connectivity index (χ4n) is 3.47. The highest BCUT2D eigenvalue weighted by molar-refractivity contribution is 14.1. The highest BCUT2D eigenvalue weighted by atomic mass is 127. The third kappa shape index (κ3) is 7.06. The first-order valence-electron chi connectivity index (χ1n) is 11.3. The average molecular weight is 649 g/mol. The largest absolute Gasteiger partial charge is 0.490 e. The maximum atomic E-state index is 12.9. The molecular formula is C27H22ClIN2O5S. The van der Waals surface area contributed by atoms with Crippen molar-refractivity contribution in [1.29, 1.82) is 0 Å². The van der Waals surface area contributed by atoms with E-state index < -0.39 is 23.6 Å². The summed E-state index contributed by atoms with van der Waals surface area (Å²) >= 11 is 8.81. The van der Waals surface area contributed by atoms with Gasteiger partial charge in [-0.3, -0.25) is 19.3 Å². The molecule has 0 saturated carbocycles. The van der Waals surface area contributed by atoms with Gasteiger partial charge in [0.25, 0.3) is 11.1 Å². The summed E-state index contributed by atoms with van der Waals surface area (Å²) in [7, 11) is 0. The third-order valence-corrected chi connectivity index (χ3v) is 7.12. The van der Waals surface area contributed by atoms with Crippen molar-refractivity contribution < 1.29 is 23.9 Å². The van der Waals surface area contributed by atoms with Crippen LogP contribution in [0.25, 0.3) is 6.08 Å². The van der Waals surface area contributed by atoms with E-state index in [4.69, 9.17) is 21.1 Å². The number of halogens is 2. The number of hydrogen-bond acceptors (Lipinski definition) is 6. The molecule has 0 radical (unpaired) electrons. The minimum Gasteiger partial charge on any atom is -0.490 e. The molecule has 0 unspecified atom stereocenters. The predicted octanol–water partition coefficient (Wildman–Crippen LogP) is 6.60. The number of nitrogens with one attached hydrogen (secondary N) is 1. The van der Waals surface area contributed by atoms with Crippen LogP contribution in [-0.4, -0.2) is 35.1 Å². The van der Waals surface area contributed by atoms with Crippen molar-refractivity contribution in [3.05, 3.63) is 91.4 Å². The van der Waals surface area contributed by atoms with Gasteiger partial charge in [-0.25, -0.2) is 0 Å². The number of rotatable bonds is 9. The van der Waals surface area contributed by atoms with Crippen LogP contribution >= 0.6 is 46.0 Å². The number of amides is 3. The summed E-state index contributed by atoms with van der Waals surface area (Å²) in [5, 5.41) is 2.68. The molecule has 0 aromatic heterocycles. The van der Waals surface area contributed by atoms with Crippen molar-refractivity contribution in [3.63, 3.8) is 0 Å².